The monoisotopic (exact) mass is 359 g/mol. The van der Waals surface area contributed by atoms with Crippen LogP contribution < -0.4 is 10.2 Å². The fourth-order valence-corrected chi connectivity index (χ4v) is 4.07. The van der Waals surface area contributed by atoms with E-state index in [1.165, 1.54) is 32.4 Å². The Bertz CT molecular complexity index is 656. The van der Waals surface area contributed by atoms with Gasteiger partial charge in [0.2, 0.25) is 5.91 Å². The summed E-state index contributed by atoms with van der Waals surface area (Å²) in [6.07, 6.45) is 5.26. The molecule has 2 aliphatic rings. The summed E-state index contributed by atoms with van der Waals surface area (Å²) < 4.78 is 0. The quantitative estimate of drug-likeness (QED) is 0.817. The lowest BCUT2D eigenvalue weighted by atomic mass is 9.96. The van der Waals surface area contributed by atoms with Gasteiger partial charge in [-0.1, -0.05) is 6.92 Å². The number of piperidine rings is 1. The van der Waals surface area contributed by atoms with Crippen LogP contribution in [0, 0.1) is 5.92 Å². The molecule has 6 heteroatoms. The first-order chi connectivity index (χ1) is 12.6. The van der Waals surface area contributed by atoms with Crippen molar-refractivity contribution in [3.05, 3.63) is 23.8 Å². The van der Waals surface area contributed by atoms with Gasteiger partial charge in [0.1, 0.15) is 0 Å². The van der Waals surface area contributed by atoms with Gasteiger partial charge in [-0.2, -0.15) is 0 Å². The Hall–Kier alpha value is -2.08. The molecule has 0 radical (unpaired) electrons. The molecule has 2 fully saturated rings. The van der Waals surface area contributed by atoms with Crippen LogP contribution in [0.25, 0.3) is 0 Å². The van der Waals surface area contributed by atoms with Crippen LogP contribution in [0.4, 0.5) is 11.4 Å². The van der Waals surface area contributed by atoms with Crippen molar-refractivity contribution < 1.29 is 14.7 Å². The van der Waals surface area contributed by atoms with Gasteiger partial charge < -0.3 is 20.2 Å². The highest BCUT2D eigenvalue weighted by molar-refractivity contribution is 5.98. The van der Waals surface area contributed by atoms with Crippen molar-refractivity contribution in [2.45, 2.75) is 39.0 Å². The third-order valence-electron chi connectivity index (χ3n) is 5.41. The third-order valence-corrected chi connectivity index (χ3v) is 5.41. The molecule has 2 N–H and O–H groups in total. The Balaban J connectivity index is 1.73. The highest BCUT2D eigenvalue weighted by Gasteiger charge is 2.26. The molecule has 0 bridgehead atoms. The van der Waals surface area contributed by atoms with Crippen LogP contribution in [0.3, 0.4) is 0 Å². The molecule has 1 atom stereocenters. The highest BCUT2D eigenvalue weighted by atomic mass is 16.4. The van der Waals surface area contributed by atoms with E-state index < -0.39 is 5.97 Å². The van der Waals surface area contributed by atoms with Gasteiger partial charge in [0.15, 0.2) is 0 Å². The topological polar surface area (TPSA) is 72.9 Å². The number of nitrogens with one attached hydrogen (secondary N) is 1. The van der Waals surface area contributed by atoms with Crippen LogP contribution in [-0.2, 0) is 4.79 Å². The van der Waals surface area contributed by atoms with E-state index in [1.54, 1.807) is 19.1 Å². The predicted molar refractivity (Wildman–Crippen MR) is 103 cm³/mol. The average Bonchev–Trinajstić information content (AvgIpc) is 3.14. The molecule has 2 saturated heterocycles. The second-order valence-corrected chi connectivity index (χ2v) is 7.40. The zero-order chi connectivity index (χ0) is 18.5. The number of carboxylic acids is 1. The minimum atomic E-state index is -0.950. The molecule has 6 nitrogen and oxygen atoms in total. The van der Waals surface area contributed by atoms with Gasteiger partial charge in [0, 0.05) is 31.7 Å². The van der Waals surface area contributed by atoms with E-state index in [1.807, 2.05) is 6.07 Å². The maximum atomic E-state index is 11.8. The summed E-state index contributed by atoms with van der Waals surface area (Å²) in [5.41, 5.74) is 1.57. The molecule has 2 heterocycles. The summed E-state index contributed by atoms with van der Waals surface area (Å²) in [4.78, 5) is 28.1. The number of carbonyl (C=O) groups excluding carboxylic acids is 1. The number of anilines is 2. The second kappa shape index (κ2) is 8.54. The molecular weight excluding hydrogens is 330 g/mol. The van der Waals surface area contributed by atoms with Gasteiger partial charge in [0.05, 0.1) is 11.3 Å². The van der Waals surface area contributed by atoms with E-state index in [2.05, 4.69) is 15.1 Å². The Morgan fingerprint density at radius 2 is 1.96 bits per heavy atom. The predicted octanol–water partition coefficient (Wildman–Crippen LogP) is 3.05. The molecule has 0 spiro atoms. The van der Waals surface area contributed by atoms with E-state index in [-0.39, 0.29) is 11.5 Å². The number of rotatable bonds is 6. The summed E-state index contributed by atoms with van der Waals surface area (Å²) in [6, 6.07) is 5.22. The molecule has 26 heavy (non-hydrogen) atoms. The van der Waals surface area contributed by atoms with E-state index in [4.69, 9.17) is 0 Å². The van der Waals surface area contributed by atoms with E-state index in [0.717, 1.165) is 31.7 Å². The molecule has 0 aliphatic carbocycles. The summed E-state index contributed by atoms with van der Waals surface area (Å²) in [5, 5.41) is 12.4. The summed E-state index contributed by atoms with van der Waals surface area (Å²) >= 11 is 0. The largest absolute Gasteiger partial charge is 0.478 e. The number of hydrogen-bond donors (Lipinski definition) is 2. The number of amides is 1. The molecule has 3 rings (SSSR count). The van der Waals surface area contributed by atoms with E-state index in [0.29, 0.717) is 18.0 Å². The standard InChI is InChI=1S/C20H29N3O3/c1-2-19(24)21-16-7-8-18(17(12-16)20(25)26)23-11-5-6-15(14-23)13-22-9-3-4-10-22/h7-8,12,15H,2-6,9-11,13-14H2,1H3,(H,21,24)(H,25,26)/t15-/m0/s1. The lowest BCUT2D eigenvalue weighted by Crippen LogP contribution is -2.41. The van der Waals surface area contributed by atoms with Crippen molar-refractivity contribution in [3.8, 4) is 0 Å². The van der Waals surface area contributed by atoms with E-state index in [9.17, 15) is 14.7 Å². The third kappa shape index (κ3) is 4.55. The SMILES string of the molecule is CCC(=O)Nc1ccc(N2CCC[C@@H](CN3CCCC3)C2)c(C(=O)O)c1. The zero-order valence-electron chi connectivity index (χ0n) is 15.5. The number of benzene rings is 1. The average molecular weight is 359 g/mol. The number of carboxylic acid groups (broad SMARTS) is 1. The minimum Gasteiger partial charge on any atom is -0.478 e. The van der Waals surface area contributed by atoms with Crippen LogP contribution in [0.1, 0.15) is 49.4 Å². The van der Waals surface area contributed by atoms with Crippen LogP contribution >= 0.6 is 0 Å². The molecule has 1 aromatic carbocycles. The summed E-state index contributed by atoms with van der Waals surface area (Å²) in [5.74, 6) is -0.477. The maximum Gasteiger partial charge on any atom is 0.337 e. The van der Waals surface area contributed by atoms with Gasteiger partial charge in [-0.05, 0) is 62.9 Å². The van der Waals surface area contributed by atoms with Crippen molar-refractivity contribution in [3.63, 3.8) is 0 Å². The van der Waals surface area contributed by atoms with Crippen molar-refractivity contribution in [2.75, 3.05) is 42.9 Å². The molecule has 1 aromatic rings. The Labute approximate surface area is 155 Å². The van der Waals surface area contributed by atoms with Crippen molar-refractivity contribution in [1.82, 2.24) is 4.90 Å². The van der Waals surface area contributed by atoms with Crippen LogP contribution in [0.15, 0.2) is 18.2 Å². The molecule has 0 aromatic heterocycles. The van der Waals surface area contributed by atoms with Gasteiger partial charge in [-0.15, -0.1) is 0 Å². The molecular formula is C20H29N3O3. The lowest BCUT2D eigenvalue weighted by Gasteiger charge is -2.36. The molecule has 1 amide bonds. The normalized spacial score (nSPS) is 21.0. The minimum absolute atomic E-state index is 0.113. The Morgan fingerprint density at radius 1 is 1.19 bits per heavy atom. The summed E-state index contributed by atoms with van der Waals surface area (Å²) in [6.45, 7) is 7.07. The zero-order valence-corrected chi connectivity index (χ0v) is 15.5. The second-order valence-electron chi connectivity index (χ2n) is 7.40. The maximum absolute atomic E-state index is 11.8. The molecule has 142 valence electrons. The van der Waals surface area contributed by atoms with Gasteiger partial charge in [-0.3, -0.25) is 4.79 Å². The van der Waals surface area contributed by atoms with E-state index >= 15 is 0 Å². The van der Waals surface area contributed by atoms with Crippen LogP contribution in [0.5, 0.6) is 0 Å². The summed E-state index contributed by atoms with van der Waals surface area (Å²) in [7, 11) is 0. The number of hydrogen-bond acceptors (Lipinski definition) is 4. The van der Waals surface area contributed by atoms with Crippen molar-refractivity contribution in [1.29, 1.82) is 0 Å². The smallest absolute Gasteiger partial charge is 0.337 e. The fraction of sp³-hybridized carbons (Fsp3) is 0.600. The highest BCUT2D eigenvalue weighted by Crippen LogP contribution is 2.29. The lowest BCUT2D eigenvalue weighted by molar-refractivity contribution is -0.115. The molecule has 0 unspecified atom stereocenters. The van der Waals surface area contributed by atoms with Gasteiger partial charge in [0.25, 0.3) is 0 Å². The van der Waals surface area contributed by atoms with Gasteiger partial charge in [-0.25, -0.2) is 4.79 Å². The molecule has 0 saturated carbocycles. The fourth-order valence-electron chi connectivity index (χ4n) is 4.07. The first kappa shape index (κ1) is 18.7. The number of carbonyl (C=O) groups is 2. The molecule has 2 aliphatic heterocycles. The van der Waals surface area contributed by atoms with Crippen LogP contribution in [0.2, 0.25) is 0 Å². The Kier molecular flexibility index (Phi) is 6.14. The van der Waals surface area contributed by atoms with Crippen LogP contribution in [-0.4, -0.2) is 54.6 Å². The van der Waals surface area contributed by atoms with Gasteiger partial charge >= 0.3 is 5.97 Å². The van der Waals surface area contributed by atoms with Crippen molar-refractivity contribution in [2.24, 2.45) is 5.92 Å². The van der Waals surface area contributed by atoms with Crippen molar-refractivity contribution >= 4 is 23.3 Å². The first-order valence-electron chi connectivity index (χ1n) is 9.71. The number of likely N-dealkylation sites (tertiary alicyclic amines) is 1. The number of aromatic carboxylic acids is 1. The number of nitrogens with zero attached hydrogens (tertiary/aromatic N) is 2. The first-order valence-corrected chi connectivity index (χ1v) is 9.71. The Morgan fingerprint density at radius 3 is 2.65 bits per heavy atom.